The molecule has 0 aliphatic carbocycles. The number of hydrogen-bond donors (Lipinski definition) is 3. The number of aryl methyl sites for hydroxylation is 1. The van der Waals surface area contributed by atoms with Gasteiger partial charge in [-0.05, 0) is 50.4 Å². The minimum Gasteiger partial charge on any atom is -0.394 e. The number of imidazole rings is 1. The molecule has 0 bridgehead atoms. The lowest BCUT2D eigenvalue weighted by atomic mass is 9.89. The van der Waals surface area contributed by atoms with Crippen molar-refractivity contribution >= 4 is 49.3 Å². The van der Waals surface area contributed by atoms with Crippen molar-refractivity contribution in [1.29, 1.82) is 0 Å². The summed E-state index contributed by atoms with van der Waals surface area (Å²) in [5.41, 5.74) is 3.72. The van der Waals surface area contributed by atoms with Gasteiger partial charge in [0.15, 0.2) is 17.0 Å². The van der Waals surface area contributed by atoms with Crippen LogP contribution >= 0.6 is 0 Å². The van der Waals surface area contributed by atoms with Crippen LogP contribution in [-0.2, 0) is 11.3 Å². The molecule has 8 heteroatoms. The number of benzene rings is 4. The minimum atomic E-state index is -0.735. The lowest BCUT2D eigenvalue weighted by Crippen LogP contribution is -2.24. The van der Waals surface area contributed by atoms with E-state index in [1.807, 2.05) is 0 Å². The number of ether oxygens (including phenoxy) is 1. The molecule has 1 saturated heterocycles. The molecule has 0 radical (unpaired) electrons. The number of aliphatic hydroxyl groups is 2. The Labute approximate surface area is 218 Å². The van der Waals surface area contributed by atoms with Gasteiger partial charge in [0, 0.05) is 13.0 Å². The average Bonchev–Trinajstić information content (AvgIpc) is 3.56. The molecule has 1 aliphatic heterocycles. The molecule has 6 aromatic rings. The molecular formula is C30H27N5O3. The maximum atomic E-state index is 10.2. The van der Waals surface area contributed by atoms with Crippen LogP contribution in [0, 0.1) is 6.92 Å². The third-order valence-electron chi connectivity index (χ3n) is 7.77. The summed E-state index contributed by atoms with van der Waals surface area (Å²) in [6.45, 7) is 2.53. The molecule has 38 heavy (non-hydrogen) atoms. The van der Waals surface area contributed by atoms with Gasteiger partial charge in [-0.3, -0.25) is 4.57 Å². The summed E-state index contributed by atoms with van der Waals surface area (Å²) in [7, 11) is 0. The van der Waals surface area contributed by atoms with Crippen molar-refractivity contribution in [1.82, 2.24) is 19.5 Å². The molecule has 0 amide bonds. The van der Waals surface area contributed by atoms with Crippen molar-refractivity contribution in [2.45, 2.75) is 38.3 Å². The maximum absolute atomic E-state index is 10.2. The summed E-state index contributed by atoms with van der Waals surface area (Å²) in [5, 5.41) is 30.6. The Hall–Kier alpha value is -4.11. The van der Waals surface area contributed by atoms with Gasteiger partial charge < -0.3 is 20.3 Å². The predicted molar refractivity (Wildman–Crippen MR) is 148 cm³/mol. The number of hydrogen-bond acceptors (Lipinski definition) is 7. The molecule has 4 aromatic carbocycles. The Morgan fingerprint density at radius 1 is 0.947 bits per heavy atom. The van der Waals surface area contributed by atoms with E-state index in [2.05, 4.69) is 87.9 Å². The summed E-state index contributed by atoms with van der Waals surface area (Å²) in [6, 6.07) is 21.5. The van der Waals surface area contributed by atoms with Gasteiger partial charge in [0.25, 0.3) is 0 Å². The Morgan fingerprint density at radius 2 is 1.74 bits per heavy atom. The molecule has 3 N–H and O–H groups in total. The molecule has 1 fully saturated rings. The lowest BCUT2D eigenvalue weighted by Gasteiger charge is -2.17. The van der Waals surface area contributed by atoms with Gasteiger partial charge in [0.2, 0.25) is 0 Å². The van der Waals surface area contributed by atoms with Crippen LogP contribution in [0.2, 0.25) is 0 Å². The molecule has 7 rings (SSSR count). The van der Waals surface area contributed by atoms with Gasteiger partial charge >= 0.3 is 0 Å². The molecule has 3 heterocycles. The minimum absolute atomic E-state index is 0.236. The Bertz CT molecular complexity index is 1830. The van der Waals surface area contributed by atoms with Crippen LogP contribution in [0.15, 0.2) is 73.3 Å². The van der Waals surface area contributed by atoms with Crippen LogP contribution in [0.25, 0.3) is 43.5 Å². The molecule has 0 saturated carbocycles. The molecular weight excluding hydrogens is 478 g/mol. The summed E-state index contributed by atoms with van der Waals surface area (Å²) in [6.07, 6.45) is 1.73. The van der Waals surface area contributed by atoms with E-state index in [4.69, 9.17) is 4.74 Å². The highest BCUT2D eigenvalue weighted by molar-refractivity contribution is 6.16. The van der Waals surface area contributed by atoms with E-state index < -0.39 is 18.4 Å². The first kappa shape index (κ1) is 23.0. The number of anilines is 1. The van der Waals surface area contributed by atoms with Crippen molar-refractivity contribution in [3.05, 3.63) is 84.4 Å². The number of aromatic nitrogens is 4. The SMILES string of the molecule is Cc1c2ccccc2c(CNc2ncnc3c2ncn3[C@H]2C[C@H](O)[C@@H](CO)O2)c2ccc3ccccc3c12. The fraction of sp³-hybridized carbons (Fsp3) is 0.233. The number of fused-ring (bicyclic) bond motifs is 5. The fourth-order valence-corrected chi connectivity index (χ4v) is 5.88. The quantitative estimate of drug-likeness (QED) is 0.227. The number of nitrogens with zero attached hydrogens (tertiary/aromatic N) is 4. The van der Waals surface area contributed by atoms with E-state index >= 15 is 0 Å². The highest BCUT2D eigenvalue weighted by Crippen LogP contribution is 2.37. The topological polar surface area (TPSA) is 105 Å². The van der Waals surface area contributed by atoms with Crippen molar-refractivity contribution in [3.63, 3.8) is 0 Å². The smallest absolute Gasteiger partial charge is 0.167 e. The average molecular weight is 506 g/mol. The molecule has 8 nitrogen and oxygen atoms in total. The van der Waals surface area contributed by atoms with Gasteiger partial charge in [-0.1, -0.05) is 60.7 Å². The first-order valence-electron chi connectivity index (χ1n) is 12.8. The van der Waals surface area contributed by atoms with E-state index in [0.717, 1.165) is 0 Å². The summed E-state index contributed by atoms with van der Waals surface area (Å²) >= 11 is 0. The largest absolute Gasteiger partial charge is 0.394 e. The molecule has 3 atom stereocenters. The molecule has 0 spiro atoms. The van der Waals surface area contributed by atoms with Crippen LogP contribution in [0.5, 0.6) is 0 Å². The van der Waals surface area contributed by atoms with Crippen molar-refractivity contribution in [2.75, 3.05) is 11.9 Å². The Morgan fingerprint density at radius 3 is 2.55 bits per heavy atom. The van der Waals surface area contributed by atoms with E-state index in [0.29, 0.717) is 29.9 Å². The third-order valence-corrected chi connectivity index (χ3v) is 7.77. The van der Waals surface area contributed by atoms with Gasteiger partial charge in [0.1, 0.15) is 18.7 Å². The van der Waals surface area contributed by atoms with E-state index in [-0.39, 0.29) is 6.61 Å². The van der Waals surface area contributed by atoms with E-state index in [9.17, 15) is 10.2 Å². The van der Waals surface area contributed by atoms with E-state index in [1.54, 1.807) is 10.9 Å². The second-order valence-electron chi connectivity index (χ2n) is 9.87. The number of aliphatic hydroxyl groups excluding tert-OH is 2. The second kappa shape index (κ2) is 9.02. The summed E-state index contributed by atoms with van der Waals surface area (Å²) in [4.78, 5) is 13.5. The van der Waals surface area contributed by atoms with Crippen LogP contribution in [-0.4, -0.2) is 48.5 Å². The zero-order valence-corrected chi connectivity index (χ0v) is 20.9. The molecule has 0 unspecified atom stereocenters. The van der Waals surface area contributed by atoms with Gasteiger partial charge in [-0.25, -0.2) is 15.0 Å². The zero-order chi connectivity index (χ0) is 25.8. The lowest BCUT2D eigenvalue weighted by molar-refractivity contribution is -0.0432. The second-order valence-corrected chi connectivity index (χ2v) is 9.87. The summed E-state index contributed by atoms with van der Waals surface area (Å²) < 4.78 is 7.62. The summed E-state index contributed by atoms with van der Waals surface area (Å²) in [5.74, 6) is 0.629. The molecule has 1 aliphatic rings. The fourth-order valence-electron chi connectivity index (χ4n) is 5.88. The van der Waals surface area contributed by atoms with Crippen molar-refractivity contribution < 1.29 is 14.9 Å². The van der Waals surface area contributed by atoms with Gasteiger partial charge in [-0.15, -0.1) is 0 Å². The zero-order valence-electron chi connectivity index (χ0n) is 20.9. The highest BCUT2D eigenvalue weighted by Gasteiger charge is 2.35. The van der Waals surface area contributed by atoms with Crippen molar-refractivity contribution in [3.8, 4) is 0 Å². The van der Waals surface area contributed by atoms with Crippen LogP contribution in [0.3, 0.4) is 0 Å². The molecule has 2 aromatic heterocycles. The molecule has 190 valence electrons. The predicted octanol–water partition coefficient (Wildman–Crippen LogP) is 4.85. The highest BCUT2D eigenvalue weighted by atomic mass is 16.5. The number of rotatable bonds is 5. The van der Waals surface area contributed by atoms with Crippen molar-refractivity contribution in [2.24, 2.45) is 0 Å². The number of nitrogens with one attached hydrogen (secondary N) is 1. The van der Waals surface area contributed by atoms with Crippen LogP contribution < -0.4 is 5.32 Å². The van der Waals surface area contributed by atoms with E-state index in [1.165, 1.54) is 49.8 Å². The monoisotopic (exact) mass is 505 g/mol. The standard InChI is InChI=1S/C30H27N5O3/c1-17-19-7-4-5-9-21(19)23(22-11-10-18-6-2-3-8-20(18)27(17)22)13-31-29-28-30(33-15-32-29)35(16-34-28)26-12-24(37)25(14-36)38-26/h2-11,15-16,24-26,36-37H,12-14H2,1H3,(H,31,32,33)/t24-,25+,26+/m0/s1. The Balaban J connectivity index is 1.31. The van der Waals surface area contributed by atoms with Crippen LogP contribution in [0.4, 0.5) is 5.82 Å². The maximum Gasteiger partial charge on any atom is 0.167 e. The first-order valence-corrected chi connectivity index (χ1v) is 12.8. The van der Waals surface area contributed by atoms with Gasteiger partial charge in [-0.2, -0.15) is 0 Å². The normalized spacial score (nSPS) is 19.7. The van der Waals surface area contributed by atoms with Crippen LogP contribution in [0.1, 0.15) is 23.8 Å². The first-order chi connectivity index (χ1) is 18.6. The Kier molecular flexibility index (Phi) is 5.47. The van der Waals surface area contributed by atoms with Gasteiger partial charge in [0.05, 0.1) is 19.0 Å². The third kappa shape index (κ3) is 3.53.